The molecule has 1 aromatic carbocycles. The van der Waals surface area contributed by atoms with Gasteiger partial charge in [-0.25, -0.2) is 0 Å². The van der Waals surface area contributed by atoms with Crippen molar-refractivity contribution < 1.29 is 9.47 Å². The van der Waals surface area contributed by atoms with E-state index in [1.165, 1.54) is 38.9 Å². The summed E-state index contributed by atoms with van der Waals surface area (Å²) in [5.41, 5.74) is 0. The molecule has 1 fully saturated rings. The Kier molecular flexibility index (Phi) is 12.2. The lowest BCUT2D eigenvalue weighted by Gasteiger charge is -2.19. The molecule has 1 unspecified atom stereocenters. The van der Waals surface area contributed by atoms with Gasteiger partial charge in [-0.2, -0.15) is 0 Å². The number of likely N-dealkylation sites (tertiary alicyclic amines) is 1. The topological polar surface area (TPSA) is 58.1 Å². The standard InChI is InChI=1S/C20H34N4O2.HI/c1-17(26-19-11-5-4-10-18(19)25-3)16-23-20(21-2)22-12-6-7-13-24-14-8-9-15-24;/h4-5,10-11,17H,6-9,12-16H2,1-3H3,(H2,21,22,23);1H. The number of methoxy groups -OCH3 is 1. The van der Waals surface area contributed by atoms with Crippen LogP contribution in [-0.4, -0.2) is 63.8 Å². The molecule has 0 amide bonds. The van der Waals surface area contributed by atoms with Crippen molar-refractivity contribution >= 4 is 29.9 Å². The molecule has 1 aliphatic rings. The van der Waals surface area contributed by atoms with Crippen LogP contribution in [0.15, 0.2) is 29.3 Å². The predicted octanol–water partition coefficient (Wildman–Crippen LogP) is 3.12. The van der Waals surface area contributed by atoms with E-state index in [2.05, 4.69) is 20.5 Å². The smallest absolute Gasteiger partial charge is 0.191 e. The molecule has 6 nitrogen and oxygen atoms in total. The Balaban J connectivity index is 0.00000364. The van der Waals surface area contributed by atoms with Gasteiger partial charge in [0.15, 0.2) is 17.5 Å². The highest BCUT2D eigenvalue weighted by molar-refractivity contribution is 14.0. The van der Waals surface area contributed by atoms with Gasteiger partial charge in [0.2, 0.25) is 0 Å². The van der Waals surface area contributed by atoms with E-state index in [9.17, 15) is 0 Å². The van der Waals surface area contributed by atoms with Crippen molar-refractivity contribution in [1.82, 2.24) is 15.5 Å². The molecule has 0 bridgehead atoms. The second-order valence-corrected chi connectivity index (χ2v) is 6.72. The molecule has 7 heteroatoms. The molecule has 1 aromatic rings. The number of para-hydroxylation sites is 2. The van der Waals surface area contributed by atoms with Gasteiger partial charge in [-0.1, -0.05) is 12.1 Å². The summed E-state index contributed by atoms with van der Waals surface area (Å²) in [6.45, 7) is 7.42. The maximum atomic E-state index is 5.96. The summed E-state index contributed by atoms with van der Waals surface area (Å²) in [5.74, 6) is 2.33. The summed E-state index contributed by atoms with van der Waals surface area (Å²) < 4.78 is 11.3. The van der Waals surface area contributed by atoms with Crippen LogP contribution in [0.2, 0.25) is 0 Å². The van der Waals surface area contributed by atoms with Crippen LogP contribution in [0, 0.1) is 0 Å². The summed E-state index contributed by atoms with van der Waals surface area (Å²) >= 11 is 0. The molecule has 0 aromatic heterocycles. The van der Waals surface area contributed by atoms with Gasteiger partial charge < -0.3 is 25.0 Å². The van der Waals surface area contributed by atoms with Gasteiger partial charge in [0.05, 0.1) is 13.7 Å². The van der Waals surface area contributed by atoms with E-state index in [1.807, 2.05) is 31.2 Å². The summed E-state index contributed by atoms with van der Waals surface area (Å²) in [5, 5.41) is 6.70. The van der Waals surface area contributed by atoms with Crippen molar-refractivity contribution in [1.29, 1.82) is 0 Å². The zero-order valence-corrected chi connectivity index (χ0v) is 19.2. The average Bonchev–Trinajstić information content (AvgIpc) is 3.18. The Hall–Kier alpha value is -1.22. The van der Waals surface area contributed by atoms with Crippen molar-refractivity contribution in [3.05, 3.63) is 24.3 Å². The number of ether oxygens (including phenoxy) is 2. The molecule has 0 aliphatic carbocycles. The highest BCUT2D eigenvalue weighted by Gasteiger charge is 2.11. The minimum absolute atomic E-state index is 0. The van der Waals surface area contributed by atoms with Crippen LogP contribution in [0.3, 0.4) is 0 Å². The Morgan fingerprint density at radius 3 is 2.52 bits per heavy atom. The zero-order valence-electron chi connectivity index (χ0n) is 16.9. The fourth-order valence-electron chi connectivity index (χ4n) is 3.11. The van der Waals surface area contributed by atoms with Gasteiger partial charge in [-0.3, -0.25) is 4.99 Å². The van der Waals surface area contributed by atoms with E-state index >= 15 is 0 Å². The molecule has 1 saturated heterocycles. The molecule has 2 rings (SSSR count). The number of guanidine groups is 1. The molecule has 0 saturated carbocycles. The third kappa shape index (κ3) is 9.01. The Labute approximate surface area is 181 Å². The lowest BCUT2D eigenvalue weighted by molar-refractivity contribution is 0.213. The SMILES string of the molecule is CN=C(NCCCCN1CCCC1)NCC(C)Oc1ccccc1OC.I. The molecule has 27 heavy (non-hydrogen) atoms. The van der Waals surface area contributed by atoms with Crippen molar-refractivity contribution in [3.8, 4) is 11.5 Å². The van der Waals surface area contributed by atoms with E-state index in [0.717, 1.165) is 30.4 Å². The minimum Gasteiger partial charge on any atom is -0.493 e. The second-order valence-electron chi connectivity index (χ2n) is 6.72. The van der Waals surface area contributed by atoms with Gasteiger partial charge in [-0.05, 0) is 64.4 Å². The zero-order chi connectivity index (χ0) is 18.6. The Bertz CT molecular complexity index is 551. The van der Waals surface area contributed by atoms with Crippen LogP contribution in [-0.2, 0) is 0 Å². The number of hydrogen-bond donors (Lipinski definition) is 2. The maximum absolute atomic E-state index is 5.96. The first-order valence-electron chi connectivity index (χ1n) is 9.69. The van der Waals surface area contributed by atoms with Gasteiger partial charge in [-0.15, -0.1) is 24.0 Å². The molecule has 0 spiro atoms. The predicted molar refractivity (Wildman–Crippen MR) is 123 cm³/mol. The fraction of sp³-hybridized carbons (Fsp3) is 0.650. The third-order valence-corrected chi connectivity index (χ3v) is 4.57. The minimum atomic E-state index is 0. The Morgan fingerprint density at radius 1 is 1.15 bits per heavy atom. The van der Waals surface area contributed by atoms with Gasteiger partial charge in [0, 0.05) is 13.6 Å². The number of nitrogens with one attached hydrogen (secondary N) is 2. The first-order chi connectivity index (χ1) is 12.7. The normalized spacial score (nSPS) is 15.7. The second kappa shape index (κ2) is 13.9. The number of hydrogen-bond acceptors (Lipinski definition) is 4. The highest BCUT2D eigenvalue weighted by atomic mass is 127. The fourth-order valence-corrected chi connectivity index (χ4v) is 3.11. The largest absolute Gasteiger partial charge is 0.493 e. The van der Waals surface area contributed by atoms with Crippen molar-refractivity contribution in [2.24, 2.45) is 4.99 Å². The molecule has 1 heterocycles. The van der Waals surface area contributed by atoms with Crippen LogP contribution in [0.4, 0.5) is 0 Å². The molecular weight excluding hydrogens is 455 g/mol. The van der Waals surface area contributed by atoms with Crippen LogP contribution in [0.5, 0.6) is 11.5 Å². The van der Waals surface area contributed by atoms with E-state index in [0.29, 0.717) is 6.54 Å². The lowest BCUT2D eigenvalue weighted by Crippen LogP contribution is -2.42. The van der Waals surface area contributed by atoms with Crippen LogP contribution < -0.4 is 20.1 Å². The molecular formula is C20H35IN4O2. The highest BCUT2D eigenvalue weighted by Crippen LogP contribution is 2.26. The molecule has 1 aliphatic heterocycles. The number of halogens is 1. The molecule has 154 valence electrons. The summed E-state index contributed by atoms with van der Waals surface area (Å²) in [7, 11) is 3.45. The van der Waals surface area contributed by atoms with Gasteiger partial charge >= 0.3 is 0 Å². The van der Waals surface area contributed by atoms with E-state index < -0.39 is 0 Å². The number of aliphatic imine (C=N–C) groups is 1. The van der Waals surface area contributed by atoms with Crippen molar-refractivity contribution in [2.45, 2.75) is 38.7 Å². The van der Waals surface area contributed by atoms with Gasteiger partial charge in [0.1, 0.15) is 6.10 Å². The molecule has 0 radical (unpaired) electrons. The van der Waals surface area contributed by atoms with E-state index in [1.54, 1.807) is 14.2 Å². The average molecular weight is 490 g/mol. The number of benzene rings is 1. The van der Waals surface area contributed by atoms with Gasteiger partial charge in [0.25, 0.3) is 0 Å². The quantitative estimate of drug-likeness (QED) is 0.229. The molecule has 2 N–H and O–H groups in total. The summed E-state index contributed by atoms with van der Waals surface area (Å²) in [6, 6.07) is 7.70. The monoisotopic (exact) mass is 490 g/mol. The van der Waals surface area contributed by atoms with E-state index in [-0.39, 0.29) is 30.1 Å². The maximum Gasteiger partial charge on any atom is 0.191 e. The lowest BCUT2D eigenvalue weighted by atomic mass is 10.3. The van der Waals surface area contributed by atoms with E-state index in [4.69, 9.17) is 9.47 Å². The third-order valence-electron chi connectivity index (χ3n) is 4.57. The summed E-state index contributed by atoms with van der Waals surface area (Å²) in [4.78, 5) is 6.84. The van der Waals surface area contributed by atoms with Crippen LogP contribution in [0.1, 0.15) is 32.6 Å². The summed E-state index contributed by atoms with van der Waals surface area (Å²) in [6.07, 6.45) is 5.12. The number of unbranched alkanes of at least 4 members (excludes halogenated alkanes) is 1. The Morgan fingerprint density at radius 2 is 1.85 bits per heavy atom. The number of nitrogens with zero attached hydrogens (tertiary/aromatic N) is 2. The first-order valence-corrected chi connectivity index (χ1v) is 9.69. The number of rotatable bonds is 10. The van der Waals surface area contributed by atoms with Crippen molar-refractivity contribution in [3.63, 3.8) is 0 Å². The molecule has 1 atom stereocenters. The van der Waals surface area contributed by atoms with Crippen LogP contribution in [0.25, 0.3) is 0 Å². The first kappa shape index (κ1) is 23.8. The van der Waals surface area contributed by atoms with Crippen molar-refractivity contribution in [2.75, 3.05) is 46.9 Å². The van der Waals surface area contributed by atoms with Crippen LogP contribution >= 0.6 is 24.0 Å².